The number of aromatic nitrogens is 3. The molecule has 0 saturated heterocycles. The largest absolute Gasteiger partial charge is 0.354 e. The zero-order valence-electron chi connectivity index (χ0n) is 14.7. The molecule has 1 amide bonds. The fourth-order valence-corrected chi connectivity index (χ4v) is 2.90. The van der Waals surface area contributed by atoms with Crippen LogP contribution in [0.3, 0.4) is 0 Å². The third-order valence-corrected chi connectivity index (χ3v) is 4.29. The van der Waals surface area contributed by atoms with E-state index in [1.807, 2.05) is 13.8 Å². The van der Waals surface area contributed by atoms with E-state index in [0.717, 1.165) is 12.0 Å². The molecular weight excluding hydrogens is 316 g/mol. The molecule has 2 aromatic heterocycles. The van der Waals surface area contributed by atoms with Crippen molar-refractivity contribution in [1.82, 2.24) is 19.4 Å². The fraction of sp³-hybridized carbons (Fsp3) is 0.316. The van der Waals surface area contributed by atoms with E-state index in [2.05, 4.69) is 34.6 Å². The van der Waals surface area contributed by atoms with Crippen LogP contribution >= 0.6 is 0 Å². The summed E-state index contributed by atoms with van der Waals surface area (Å²) in [7, 11) is 1.70. The van der Waals surface area contributed by atoms with Gasteiger partial charge in [0.2, 0.25) is 5.91 Å². The molecule has 0 atom stereocenters. The Hall–Kier alpha value is -2.89. The lowest BCUT2D eigenvalue weighted by Gasteiger charge is -2.08. The third-order valence-electron chi connectivity index (χ3n) is 4.29. The van der Waals surface area contributed by atoms with E-state index in [4.69, 9.17) is 0 Å². The molecule has 0 aliphatic rings. The minimum absolute atomic E-state index is 0.0864. The number of carbonyl (C=O) groups excluding carboxylic acids is 1. The van der Waals surface area contributed by atoms with E-state index in [1.165, 1.54) is 15.7 Å². The van der Waals surface area contributed by atoms with Gasteiger partial charge in [-0.2, -0.15) is 0 Å². The van der Waals surface area contributed by atoms with E-state index >= 15 is 0 Å². The maximum absolute atomic E-state index is 12.3. The van der Waals surface area contributed by atoms with Gasteiger partial charge < -0.3 is 14.5 Å². The second-order valence-corrected chi connectivity index (χ2v) is 6.38. The maximum Gasteiger partial charge on any atom is 0.276 e. The van der Waals surface area contributed by atoms with Crippen LogP contribution in [-0.2, 0) is 24.8 Å². The first-order valence-corrected chi connectivity index (χ1v) is 8.29. The Kier molecular flexibility index (Phi) is 4.70. The number of pyridine rings is 1. The smallest absolute Gasteiger partial charge is 0.276 e. The molecule has 6 nitrogen and oxygen atoms in total. The lowest BCUT2D eigenvalue weighted by molar-refractivity contribution is -0.121. The van der Waals surface area contributed by atoms with Crippen molar-refractivity contribution in [2.24, 2.45) is 7.05 Å². The average Bonchev–Trinajstić information content (AvgIpc) is 2.99. The second kappa shape index (κ2) is 6.93. The van der Waals surface area contributed by atoms with Crippen LogP contribution in [0.25, 0.3) is 11.0 Å². The number of rotatable bonds is 5. The van der Waals surface area contributed by atoms with Crippen LogP contribution in [0.5, 0.6) is 0 Å². The molecule has 1 aromatic carbocycles. The molecule has 0 aliphatic heterocycles. The number of nitrogens with zero attached hydrogens (tertiary/aromatic N) is 3. The highest BCUT2D eigenvalue weighted by Crippen LogP contribution is 2.12. The van der Waals surface area contributed by atoms with Crippen LogP contribution in [0.1, 0.15) is 16.7 Å². The predicted molar refractivity (Wildman–Crippen MR) is 97.6 cm³/mol. The van der Waals surface area contributed by atoms with E-state index in [9.17, 15) is 9.59 Å². The van der Waals surface area contributed by atoms with Crippen molar-refractivity contribution < 1.29 is 4.79 Å². The summed E-state index contributed by atoms with van der Waals surface area (Å²) >= 11 is 0. The Balaban J connectivity index is 1.66. The van der Waals surface area contributed by atoms with Gasteiger partial charge in [0.25, 0.3) is 5.56 Å². The van der Waals surface area contributed by atoms with E-state index < -0.39 is 0 Å². The zero-order chi connectivity index (χ0) is 18.0. The fourth-order valence-electron chi connectivity index (χ4n) is 2.90. The molecule has 0 bridgehead atoms. The number of amides is 1. The van der Waals surface area contributed by atoms with E-state index in [1.54, 1.807) is 24.1 Å². The van der Waals surface area contributed by atoms with Gasteiger partial charge in [0.1, 0.15) is 12.1 Å². The molecule has 6 heteroatoms. The summed E-state index contributed by atoms with van der Waals surface area (Å²) < 4.78 is 3.14. The number of hydrogen-bond acceptors (Lipinski definition) is 3. The van der Waals surface area contributed by atoms with Crippen LogP contribution in [0, 0.1) is 13.8 Å². The second-order valence-electron chi connectivity index (χ2n) is 6.38. The number of aryl methyl sites for hydroxylation is 3. The predicted octanol–water partition coefficient (Wildman–Crippen LogP) is 1.71. The standard InChI is InChI=1S/C19H22N4O2/c1-13-4-6-15(7-5-13)8-9-20-16(24)11-23-12-21-17-14(2)10-22(3)19(25)18(17)23/h4-7,10,12H,8-9,11H2,1-3H3,(H,20,24). The molecule has 0 spiro atoms. The van der Waals surface area contributed by atoms with Crippen molar-refractivity contribution in [1.29, 1.82) is 0 Å². The van der Waals surface area contributed by atoms with Gasteiger partial charge in [-0.15, -0.1) is 0 Å². The van der Waals surface area contributed by atoms with Crippen LogP contribution in [0.2, 0.25) is 0 Å². The third kappa shape index (κ3) is 3.63. The summed E-state index contributed by atoms with van der Waals surface area (Å²) in [4.78, 5) is 28.8. The van der Waals surface area contributed by atoms with Gasteiger partial charge in [0.05, 0.1) is 11.8 Å². The Labute approximate surface area is 146 Å². The normalized spacial score (nSPS) is 11.0. The lowest BCUT2D eigenvalue weighted by Crippen LogP contribution is -2.30. The molecular formula is C19H22N4O2. The Morgan fingerprint density at radius 3 is 2.64 bits per heavy atom. The highest BCUT2D eigenvalue weighted by Gasteiger charge is 2.13. The number of benzene rings is 1. The highest BCUT2D eigenvalue weighted by atomic mass is 16.2. The molecule has 0 saturated carbocycles. The molecule has 1 N–H and O–H groups in total. The first kappa shape index (κ1) is 17.0. The summed E-state index contributed by atoms with van der Waals surface area (Å²) in [5, 5.41) is 2.90. The van der Waals surface area contributed by atoms with E-state index in [-0.39, 0.29) is 18.0 Å². The highest BCUT2D eigenvalue weighted by molar-refractivity contribution is 5.81. The molecule has 0 unspecified atom stereocenters. The number of imidazole rings is 1. The molecule has 2 heterocycles. The Morgan fingerprint density at radius 2 is 1.92 bits per heavy atom. The topological polar surface area (TPSA) is 68.9 Å². The quantitative estimate of drug-likeness (QED) is 0.770. The van der Waals surface area contributed by atoms with Crippen LogP contribution < -0.4 is 10.9 Å². The van der Waals surface area contributed by atoms with Crippen LogP contribution in [0.4, 0.5) is 0 Å². The van der Waals surface area contributed by atoms with Gasteiger partial charge >= 0.3 is 0 Å². The first-order chi connectivity index (χ1) is 12.0. The van der Waals surface area contributed by atoms with Gasteiger partial charge in [-0.25, -0.2) is 4.98 Å². The summed E-state index contributed by atoms with van der Waals surface area (Å²) in [6.07, 6.45) is 4.08. The van der Waals surface area contributed by atoms with Gasteiger partial charge in [-0.1, -0.05) is 29.8 Å². The summed E-state index contributed by atoms with van der Waals surface area (Å²) in [5.74, 6) is -0.130. The molecule has 130 valence electrons. The average molecular weight is 338 g/mol. The van der Waals surface area contributed by atoms with Gasteiger partial charge in [0.15, 0.2) is 0 Å². The Bertz CT molecular complexity index is 967. The van der Waals surface area contributed by atoms with Crippen molar-refractivity contribution in [2.45, 2.75) is 26.8 Å². The van der Waals surface area contributed by atoms with Crippen molar-refractivity contribution in [3.63, 3.8) is 0 Å². The minimum Gasteiger partial charge on any atom is -0.354 e. The molecule has 25 heavy (non-hydrogen) atoms. The molecule has 0 radical (unpaired) electrons. The maximum atomic E-state index is 12.3. The summed E-state index contributed by atoms with van der Waals surface area (Å²) in [5.41, 5.74) is 4.29. The molecule has 3 rings (SSSR count). The van der Waals surface area contributed by atoms with Crippen molar-refractivity contribution in [2.75, 3.05) is 6.54 Å². The number of hydrogen-bond donors (Lipinski definition) is 1. The van der Waals surface area contributed by atoms with Crippen molar-refractivity contribution in [3.05, 3.63) is 63.8 Å². The Morgan fingerprint density at radius 1 is 1.20 bits per heavy atom. The van der Waals surface area contributed by atoms with E-state index in [0.29, 0.717) is 17.6 Å². The van der Waals surface area contributed by atoms with Crippen LogP contribution in [-0.4, -0.2) is 26.6 Å². The number of carbonyl (C=O) groups is 1. The summed E-state index contributed by atoms with van der Waals surface area (Å²) in [6.45, 7) is 4.60. The monoisotopic (exact) mass is 338 g/mol. The number of fused-ring (bicyclic) bond motifs is 1. The number of nitrogens with one attached hydrogen (secondary N) is 1. The van der Waals surface area contributed by atoms with Crippen LogP contribution in [0.15, 0.2) is 41.6 Å². The van der Waals surface area contributed by atoms with Crippen molar-refractivity contribution >= 4 is 16.9 Å². The molecule has 0 aliphatic carbocycles. The molecule has 3 aromatic rings. The SMILES string of the molecule is Cc1ccc(CCNC(=O)Cn2cnc3c(C)cn(C)c(=O)c32)cc1. The van der Waals surface area contributed by atoms with Gasteiger partial charge in [0, 0.05) is 19.8 Å². The lowest BCUT2D eigenvalue weighted by atomic mass is 10.1. The van der Waals surface area contributed by atoms with Crippen molar-refractivity contribution in [3.8, 4) is 0 Å². The van der Waals surface area contributed by atoms with Gasteiger partial charge in [-0.3, -0.25) is 9.59 Å². The molecule has 0 fully saturated rings. The zero-order valence-corrected chi connectivity index (χ0v) is 14.7. The summed E-state index contributed by atoms with van der Waals surface area (Å²) in [6, 6.07) is 8.26. The first-order valence-electron chi connectivity index (χ1n) is 8.29. The minimum atomic E-state index is -0.148. The van der Waals surface area contributed by atoms with Gasteiger partial charge in [-0.05, 0) is 31.4 Å².